The molecule has 0 aliphatic heterocycles. The molecule has 96 valence electrons. The predicted molar refractivity (Wildman–Crippen MR) is 67.0 cm³/mol. The molecule has 4 fully saturated rings. The Morgan fingerprint density at radius 2 is 1.78 bits per heavy atom. The van der Waals surface area contributed by atoms with Crippen molar-refractivity contribution in [2.75, 3.05) is 0 Å². The fourth-order valence-corrected chi connectivity index (χ4v) is 4.79. The molecule has 0 saturated heterocycles. The summed E-state index contributed by atoms with van der Waals surface area (Å²) in [5.41, 5.74) is 0.656. The van der Waals surface area contributed by atoms with Gasteiger partial charge >= 0.3 is 0 Å². The van der Waals surface area contributed by atoms with E-state index in [9.17, 15) is 4.79 Å². The van der Waals surface area contributed by atoms with Gasteiger partial charge in [-0.2, -0.15) is 0 Å². The number of rotatable bonds is 2. The van der Waals surface area contributed by atoms with E-state index in [1.54, 1.807) is 12.3 Å². The normalized spacial score (nSPS) is 41.0. The van der Waals surface area contributed by atoms with E-state index in [2.05, 4.69) is 5.32 Å². The minimum atomic E-state index is 0.0428. The Bertz CT molecular complexity index is 423. The molecular formula is C15H19NO2. The SMILES string of the molecule is O=C(NC1C2CC3CC(C2)CC1C3)c1ccoc1. The highest BCUT2D eigenvalue weighted by Gasteiger charge is 2.48. The molecular weight excluding hydrogens is 226 g/mol. The van der Waals surface area contributed by atoms with E-state index in [4.69, 9.17) is 4.42 Å². The van der Waals surface area contributed by atoms with Crippen LogP contribution < -0.4 is 5.32 Å². The van der Waals surface area contributed by atoms with Gasteiger partial charge < -0.3 is 9.73 Å². The van der Waals surface area contributed by atoms with Crippen LogP contribution in [0.15, 0.2) is 23.0 Å². The van der Waals surface area contributed by atoms with Crippen molar-refractivity contribution in [2.45, 2.75) is 38.1 Å². The highest BCUT2D eigenvalue weighted by atomic mass is 16.3. The number of carbonyl (C=O) groups is 1. The maximum atomic E-state index is 12.1. The minimum Gasteiger partial charge on any atom is -0.472 e. The lowest BCUT2D eigenvalue weighted by molar-refractivity contribution is -0.0119. The van der Waals surface area contributed by atoms with Crippen molar-refractivity contribution < 1.29 is 9.21 Å². The predicted octanol–water partition coefficient (Wildman–Crippen LogP) is 2.83. The average Bonchev–Trinajstić information content (AvgIpc) is 2.86. The summed E-state index contributed by atoms with van der Waals surface area (Å²) in [4.78, 5) is 12.1. The van der Waals surface area contributed by atoms with Gasteiger partial charge in [0.15, 0.2) is 0 Å². The molecule has 4 aliphatic carbocycles. The van der Waals surface area contributed by atoms with E-state index in [0.29, 0.717) is 11.6 Å². The van der Waals surface area contributed by atoms with Crippen LogP contribution in [-0.4, -0.2) is 11.9 Å². The van der Waals surface area contributed by atoms with Gasteiger partial charge in [0.05, 0.1) is 11.8 Å². The second kappa shape index (κ2) is 3.87. The third-order valence-corrected chi connectivity index (χ3v) is 5.31. The van der Waals surface area contributed by atoms with Crippen molar-refractivity contribution in [3.8, 4) is 0 Å². The maximum Gasteiger partial charge on any atom is 0.254 e. The summed E-state index contributed by atoms with van der Waals surface area (Å²) in [5, 5.41) is 3.27. The molecule has 1 N–H and O–H groups in total. The first-order valence-electron chi connectivity index (χ1n) is 7.12. The molecule has 18 heavy (non-hydrogen) atoms. The minimum absolute atomic E-state index is 0.0428. The second-order valence-electron chi connectivity index (χ2n) is 6.44. The summed E-state index contributed by atoms with van der Waals surface area (Å²) >= 11 is 0. The molecule has 1 amide bonds. The van der Waals surface area contributed by atoms with Crippen LogP contribution in [0.25, 0.3) is 0 Å². The maximum absolute atomic E-state index is 12.1. The molecule has 4 saturated carbocycles. The number of hydrogen-bond acceptors (Lipinski definition) is 2. The van der Waals surface area contributed by atoms with Crippen molar-refractivity contribution in [3.63, 3.8) is 0 Å². The van der Waals surface area contributed by atoms with Crippen LogP contribution in [-0.2, 0) is 0 Å². The van der Waals surface area contributed by atoms with Crippen molar-refractivity contribution >= 4 is 5.91 Å². The molecule has 3 nitrogen and oxygen atoms in total. The van der Waals surface area contributed by atoms with Crippen molar-refractivity contribution in [1.82, 2.24) is 5.32 Å². The Labute approximate surface area is 107 Å². The van der Waals surface area contributed by atoms with Crippen LogP contribution in [0.1, 0.15) is 42.5 Å². The number of nitrogens with one attached hydrogen (secondary N) is 1. The molecule has 1 aromatic rings. The highest BCUT2D eigenvalue weighted by Crippen LogP contribution is 2.53. The zero-order valence-electron chi connectivity index (χ0n) is 10.5. The number of furan rings is 1. The number of amides is 1. The molecule has 0 radical (unpaired) electrons. The number of carbonyl (C=O) groups excluding carboxylic acids is 1. The Kier molecular flexibility index (Phi) is 2.29. The number of hydrogen-bond donors (Lipinski definition) is 1. The van der Waals surface area contributed by atoms with Gasteiger partial charge in [-0.25, -0.2) is 0 Å². The second-order valence-corrected chi connectivity index (χ2v) is 6.44. The third-order valence-electron chi connectivity index (χ3n) is 5.31. The average molecular weight is 245 g/mol. The lowest BCUT2D eigenvalue weighted by Crippen LogP contribution is -2.55. The smallest absolute Gasteiger partial charge is 0.254 e. The summed E-state index contributed by atoms with van der Waals surface area (Å²) < 4.78 is 4.98. The van der Waals surface area contributed by atoms with Crippen LogP contribution in [0.3, 0.4) is 0 Å². The molecule has 3 heteroatoms. The van der Waals surface area contributed by atoms with Crippen molar-refractivity contribution in [3.05, 3.63) is 24.2 Å². The van der Waals surface area contributed by atoms with Crippen LogP contribution in [0, 0.1) is 23.7 Å². The molecule has 4 bridgehead atoms. The Balaban J connectivity index is 1.50. The lowest BCUT2D eigenvalue weighted by atomic mass is 9.54. The molecule has 5 rings (SSSR count). The zero-order valence-corrected chi connectivity index (χ0v) is 10.5. The lowest BCUT2D eigenvalue weighted by Gasteiger charge is -2.54. The van der Waals surface area contributed by atoms with Gasteiger partial charge in [-0.15, -0.1) is 0 Å². The molecule has 1 aromatic heterocycles. The van der Waals surface area contributed by atoms with Gasteiger partial charge in [-0.3, -0.25) is 4.79 Å². The first-order valence-corrected chi connectivity index (χ1v) is 7.12. The quantitative estimate of drug-likeness (QED) is 0.870. The Hall–Kier alpha value is -1.25. The summed E-state index contributed by atoms with van der Waals surface area (Å²) in [6.07, 6.45) is 9.89. The van der Waals surface area contributed by atoms with Crippen LogP contribution in [0.5, 0.6) is 0 Å². The first-order chi connectivity index (χ1) is 8.79. The molecule has 0 aromatic carbocycles. The molecule has 0 atom stereocenters. The van der Waals surface area contributed by atoms with Gasteiger partial charge in [0.2, 0.25) is 0 Å². The first kappa shape index (κ1) is 10.7. The molecule has 0 spiro atoms. The Morgan fingerprint density at radius 1 is 1.11 bits per heavy atom. The van der Waals surface area contributed by atoms with Crippen molar-refractivity contribution in [1.29, 1.82) is 0 Å². The van der Waals surface area contributed by atoms with E-state index in [1.165, 1.54) is 38.4 Å². The van der Waals surface area contributed by atoms with Gasteiger partial charge in [-0.05, 0) is 61.8 Å². The van der Waals surface area contributed by atoms with Crippen molar-refractivity contribution in [2.24, 2.45) is 23.7 Å². The van der Waals surface area contributed by atoms with E-state index in [-0.39, 0.29) is 5.91 Å². The fraction of sp³-hybridized carbons (Fsp3) is 0.667. The van der Waals surface area contributed by atoms with Gasteiger partial charge in [0, 0.05) is 6.04 Å². The third kappa shape index (κ3) is 1.60. The molecule has 0 unspecified atom stereocenters. The molecule has 1 heterocycles. The zero-order chi connectivity index (χ0) is 12.1. The van der Waals surface area contributed by atoms with Gasteiger partial charge in [0.25, 0.3) is 5.91 Å². The highest BCUT2D eigenvalue weighted by molar-refractivity contribution is 5.94. The van der Waals surface area contributed by atoms with E-state index in [0.717, 1.165) is 23.7 Å². The Morgan fingerprint density at radius 3 is 2.33 bits per heavy atom. The standard InChI is InChI=1S/C15H19NO2/c17-15(11-1-2-18-8-11)16-14-12-4-9-3-10(6-12)7-13(14)5-9/h1-2,8-10,12-14H,3-7H2,(H,16,17). The summed E-state index contributed by atoms with van der Waals surface area (Å²) in [5.74, 6) is 3.42. The largest absolute Gasteiger partial charge is 0.472 e. The fourth-order valence-electron chi connectivity index (χ4n) is 4.79. The van der Waals surface area contributed by atoms with E-state index in [1.807, 2.05) is 0 Å². The van der Waals surface area contributed by atoms with Crippen LogP contribution >= 0.6 is 0 Å². The molecule has 4 aliphatic rings. The van der Waals surface area contributed by atoms with Gasteiger partial charge in [-0.1, -0.05) is 0 Å². The monoisotopic (exact) mass is 245 g/mol. The summed E-state index contributed by atoms with van der Waals surface area (Å²) in [7, 11) is 0. The van der Waals surface area contributed by atoms with Crippen LogP contribution in [0.2, 0.25) is 0 Å². The summed E-state index contributed by atoms with van der Waals surface area (Å²) in [6, 6.07) is 2.16. The van der Waals surface area contributed by atoms with E-state index < -0.39 is 0 Å². The topological polar surface area (TPSA) is 42.2 Å². The van der Waals surface area contributed by atoms with E-state index >= 15 is 0 Å². The van der Waals surface area contributed by atoms with Crippen LogP contribution in [0.4, 0.5) is 0 Å². The van der Waals surface area contributed by atoms with Gasteiger partial charge in [0.1, 0.15) is 6.26 Å². The summed E-state index contributed by atoms with van der Waals surface area (Å²) in [6.45, 7) is 0.